The first-order chi connectivity index (χ1) is 17.3. The van der Waals surface area contributed by atoms with Crippen LogP contribution < -0.4 is 9.64 Å². The van der Waals surface area contributed by atoms with Gasteiger partial charge in [-0.25, -0.2) is 9.37 Å². The average molecular weight is 501 g/mol. The number of rotatable bonds is 6. The molecule has 5 rings (SSSR count). The Bertz CT molecular complexity index is 1500. The van der Waals surface area contributed by atoms with Gasteiger partial charge in [0.2, 0.25) is 5.78 Å². The molecule has 3 aromatic carbocycles. The highest BCUT2D eigenvalue weighted by Crippen LogP contribution is 2.43. The highest BCUT2D eigenvalue weighted by molar-refractivity contribution is 7.14. The molecule has 0 bridgehead atoms. The van der Waals surface area contributed by atoms with Crippen LogP contribution in [0, 0.1) is 19.7 Å². The van der Waals surface area contributed by atoms with E-state index in [0.29, 0.717) is 38.3 Å². The molecular weight excluding hydrogens is 479 g/mol. The minimum absolute atomic E-state index is 0.0621. The van der Waals surface area contributed by atoms with E-state index in [9.17, 15) is 19.1 Å². The number of para-hydroxylation sites is 1. The summed E-state index contributed by atoms with van der Waals surface area (Å²) in [5, 5.41) is 11.7. The third-order valence-corrected chi connectivity index (χ3v) is 6.89. The fourth-order valence-corrected chi connectivity index (χ4v) is 5.13. The van der Waals surface area contributed by atoms with Gasteiger partial charge >= 0.3 is 0 Å². The molecule has 1 N–H and O–H groups in total. The van der Waals surface area contributed by atoms with E-state index >= 15 is 0 Å². The summed E-state index contributed by atoms with van der Waals surface area (Å²) in [6, 6.07) is 20.5. The number of hydrogen-bond donors (Lipinski definition) is 1. The highest BCUT2D eigenvalue weighted by atomic mass is 32.1. The molecule has 1 unspecified atom stereocenters. The summed E-state index contributed by atoms with van der Waals surface area (Å²) in [6.07, 6.45) is 0. The van der Waals surface area contributed by atoms with Crippen molar-refractivity contribution in [2.24, 2.45) is 0 Å². The van der Waals surface area contributed by atoms with E-state index in [-0.39, 0.29) is 5.57 Å². The molecule has 0 fully saturated rings. The van der Waals surface area contributed by atoms with Crippen molar-refractivity contribution in [2.45, 2.75) is 19.9 Å². The normalized spacial score (nSPS) is 15.5. The number of carbonyl (C=O) groups excluding carboxylic acids is 2. The van der Waals surface area contributed by atoms with Crippen molar-refractivity contribution in [1.29, 1.82) is 0 Å². The standard InChI is InChI=1S/C28H21FN2O4S/c1-16-27(36-17(2)30-16)25(32)23-24(31(28(34)26(23)33)20-13-11-19(29)12-14-20)18-7-6-10-22(15-18)35-21-8-4-3-5-9-21/h3-15,24,33H,1-2H3. The Kier molecular flexibility index (Phi) is 6.12. The molecule has 6 nitrogen and oxygen atoms in total. The predicted octanol–water partition coefficient (Wildman–Crippen LogP) is 6.47. The molecule has 0 saturated heterocycles. The maximum atomic E-state index is 13.7. The number of aromatic nitrogens is 1. The molecule has 0 saturated carbocycles. The monoisotopic (exact) mass is 500 g/mol. The first-order valence-electron chi connectivity index (χ1n) is 11.2. The number of aliphatic hydroxyl groups is 1. The largest absolute Gasteiger partial charge is 0.503 e. The zero-order chi connectivity index (χ0) is 25.4. The second-order valence-corrected chi connectivity index (χ2v) is 9.48. The van der Waals surface area contributed by atoms with Crippen LogP contribution in [0.25, 0.3) is 0 Å². The number of hydrogen-bond acceptors (Lipinski definition) is 6. The first-order valence-corrected chi connectivity index (χ1v) is 12.0. The van der Waals surface area contributed by atoms with Crippen molar-refractivity contribution in [3.8, 4) is 11.5 Å². The van der Waals surface area contributed by atoms with Gasteiger partial charge < -0.3 is 9.84 Å². The Morgan fingerprint density at radius 1 is 1.00 bits per heavy atom. The van der Waals surface area contributed by atoms with Crippen LogP contribution in [0.3, 0.4) is 0 Å². The Hall–Kier alpha value is -4.30. The molecule has 180 valence electrons. The topological polar surface area (TPSA) is 79.7 Å². The van der Waals surface area contributed by atoms with Gasteiger partial charge in [0.25, 0.3) is 5.91 Å². The van der Waals surface area contributed by atoms with Crippen LogP contribution in [0.4, 0.5) is 10.1 Å². The second kappa shape index (κ2) is 9.39. The number of nitrogens with zero attached hydrogens (tertiary/aromatic N) is 2. The predicted molar refractivity (Wildman–Crippen MR) is 135 cm³/mol. The van der Waals surface area contributed by atoms with Crippen molar-refractivity contribution in [3.05, 3.63) is 117 Å². The number of aryl methyl sites for hydroxylation is 2. The van der Waals surface area contributed by atoms with E-state index in [0.717, 1.165) is 0 Å². The summed E-state index contributed by atoms with van der Waals surface area (Å²) in [7, 11) is 0. The van der Waals surface area contributed by atoms with E-state index in [4.69, 9.17) is 4.74 Å². The molecule has 0 radical (unpaired) electrons. The van der Waals surface area contributed by atoms with Crippen molar-refractivity contribution < 1.29 is 23.8 Å². The fourth-order valence-electron chi connectivity index (χ4n) is 4.26. The summed E-state index contributed by atoms with van der Waals surface area (Å²) in [5.41, 5.74) is 1.35. The summed E-state index contributed by atoms with van der Waals surface area (Å²) in [5.74, 6) is -1.22. The Morgan fingerprint density at radius 3 is 2.36 bits per heavy atom. The van der Waals surface area contributed by atoms with Gasteiger partial charge in [-0.2, -0.15) is 0 Å². The number of Topliss-reactive ketones (excluding diaryl/α,β-unsaturated/α-hetero) is 1. The number of ketones is 1. The Balaban J connectivity index is 1.63. The quantitative estimate of drug-likeness (QED) is 0.307. The van der Waals surface area contributed by atoms with E-state index < -0.39 is 29.3 Å². The number of ether oxygens (including phenoxy) is 1. The summed E-state index contributed by atoms with van der Waals surface area (Å²) in [6.45, 7) is 3.50. The number of halogens is 1. The third kappa shape index (κ3) is 4.27. The number of thiazole rings is 1. The van der Waals surface area contributed by atoms with Gasteiger partial charge in [0.1, 0.15) is 17.3 Å². The van der Waals surface area contributed by atoms with E-state index in [1.165, 1.54) is 40.5 Å². The first kappa shape index (κ1) is 23.4. The molecule has 1 atom stereocenters. The number of carbonyl (C=O) groups is 2. The van der Waals surface area contributed by atoms with Crippen molar-refractivity contribution in [3.63, 3.8) is 0 Å². The van der Waals surface area contributed by atoms with Crippen LogP contribution in [0.2, 0.25) is 0 Å². The molecule has 1 aliphatic heterocycles. The van der Waals surface area contributed by atoms with Crippen LogP contribution in [-0.2, 0) is 4.79 Å². The fraction of sp³-hybridized carbons (Fsp3) is 0.107. The minimum atomic E-state index is -0.961. The van der Waals surface area contributed by atoms with Gasteiger partial charge in [0, 0.05) is 5.69 Å². The second-order valence-electron chi connectivity index (χ2n) is 8.28. The lowest BCUT2D eigenvalue weighted by atomic mass is 9.94. The molecular formula is C28H21FN2O4S. The van der Waals surface area contributed by atoms with Gasteiger partial charge in [0.05, 0.1) is 27.2 Å². The summed E-state index contributed by atoms with van der Waals surface area (Å²) < 4.78 is 19.6. The van der Waals surface area contributed by atoms with Gasteiger partial charge in [-0.1, -0.05) is 30.3 Å². The molecule has 2 heterocycles. The maximum Gasteiger partial charge on any atom is 0.294 e. The number of amides is 1. The molecule has 36 heavy (non-hydrogen) atoms. The lowest BCUT2D eigenvalue weighted by Gasteiger charge is -2.27. The third-order valence-electron chi connectivity index (χ3n) is 5.82. The average Bonchev–Trinajstić information content (AvgIpc) is 3.35. The molecule has 1 aliphatic rings. The number of anilines is 1. The van der Waals surface area contributed by atoms with Crippen LogP contribution in [0.1, 0.15) is 32.0 Å². The van der Waals surface area contributed by atoms with Gasteiger partial charge in [-0.3, -0.25) is 14.5 Å². The van der Waals surface area contributed by atoms with Crippen molar-refractivity contribution >= 4 is 28.7 Å². The van der Waals surface area contributed by atoms with Crippen LogP contribution in [-0.4, -0.2) is 21.8 Å². The van der Waals surface area contributed by atoms with E-state index in [1.807, 2.05) is 30.3 Å². The Morgan fingerprint density at radius 2 is 1.69 bits per heavy atom. The lowest BCUT2D eigenvalue weighted by molar-refractivity contribution is -0.117. The van der Waals surface area contributed by atoms with Crippen molar-refractivity contribution in [1.82, 2.24) is 4.98 Å². The molecule has 4 aromatic rings. The SMILES string of the molecule is Cc1nc(C)c(C(=O)C2=C(O)C(=O)N(c3ccc(F)cc3)C2c2cccc(Oc3ccccc3)c2)s1. The number of benzene rings is 3. The molecule has 0 aliphatic carbocycles. The zero-order valence-electron chi connectivity index (χ0n) is 19.4. The number of aliphatic hydroxyl groups excluding tert-OH is 1. The van der Waals surface area contributed by atoms with E-state index in [1.54, 1.807) is 38.1 Å². The summed E-state index contributed by atoms with van der Waals surface area (Å²) >= 11 is 1.20. The zero-order valence-corrected chi connectivity index (χ0v) is 20.3. The van der Waals surface area contributed by atoms with Gasteiger partial charge in [-0.15, -0.1) is 11.3 Å². The van der Waals surface area contributed by atoms with Crippen LogP contribution >= 0.6 is 11.3 Å². The van der Waals surface area contributed by atoms with Crippen LogP contribution in [0.15, 0.2) is 90.2 Å². The molecule has 1 amide bonds. The lowest BCUT2D eigenvalue weighted by Crippen LogP contribution is -2.31. The smallest absolute Gasteiger partial charge is 0.294 e. The minimum Gasteiger partial charge on any atom is -0.503 e. The van der Waals surface area contributed by atoms with Gasteiger partial charge in [-0.05, 0) is 67.9 Å². The summed E-state index contributed by atoms with van der Waals surface area (Å²) in [4.78, 5) is 33.0. The highest BCUT2D eigenvalue weighted by Gasteiger charge is 2.45. The van der Waals surface area contributed by atoms with Gasteiger partial charge in [0.15, 0.2) is 5.76 Å². The van der Waals surface area contributed by atoms with E-state index in [2.05, 4.69) is 4.98 Å². The molecule has 0 spiro atoms. The Labute approximate surface area is 210 Å². The molecule has 8 heteroatoms. The van der Waals surface area contributed by atoms with Crippen LogP contribution in [0.5, 0.6) is 11.5 Å². The van der Waals surface area contributed by atoms with Crippen molar-refractivity contribution in [2.75, 3.05) is 4.90 Å². The molecule has 1 aromatic heterocycles. The maximum absolute atomic E-state index is 13.7.